The van der Waals surface area contributed by atoms with Gasteiger partial charge in [0, 0.05) is 28.4 Å². The second kappa shape index (κ2) is 6.33. The molecule has 0 aliphatic rings. The molecule has 2 aromatic heterocycles. The molecule has 6 nitrogen and oxygen atoms in total. The first kappa shape index (κ1) is 16.0. The summed E-state index contributed by atoms with van der Waals surface area (Å²) >= 11 is 6.01. The summed E-state index contributed by atoms with van der Waals surface area (Å²) in [7, 11) is 0. The zero-order valence-corrected chi connectivity index (χ0v) is 13.6. The van der Waals surface area contributed by atoms with Gasteiger partial charge in [0.05, 0.1) is 17.8 Å². The summed E-state index contributed by atoms with van der Waals surface area (Å²) in [4.78, 5) is 29.2. The second-order valence-electron chi connectivity index (χ2n) is 5.03. The molecule has 1 aromatic carbocycles. The molecule has 0 saturated heterocycles. The van der Waals surface area contributed by atoms with Crippen LogP contribution >= 0.6 is 11.6 Å². The number of pyridine rings is 1. The Kier molecular flexibility index (Phi) is 4.22. The fraction of sp³-hybridized carbons (Fsp3) is 0.118. The first-order chi connectivity index (χ1) is 11.5. The lowest BCUT2D eigenvalue weighted by atomic mass is 10.1. The van der Waals surface area contributed by atoms with E-state index in [2.05, 4.69) is 4.98 Å². The SMILES string of the molecule is CCOC(=O)n1c(C(=O)c2cccnc2)c(N)c2cc(Cl)ccc21. The van der Waals surface area contributed by atoms with Crippen LogP contribution in [0.15, 0.2) is 42.7 Å². The molecule has 0 fully saturated rings. The highest BCUT2D eigenvalue weighted by atomic mass is 35.5. The van der Waals surface area contributed by atoms with Crippen LogP contribution in [0.1, 0.15) is 23.0 Å². The number of fused-ring (bicyclic) bond motifs is 1. The van der Waals surface area contributed by atoms with Crippen LogP contribution in [0, 0.1) is 0 Å². The molecule has 0 saturated carbocycles. The van der Waals surface area contributed by atoms with Gasteiger partial charge in [-0.2, -0.15) is 0 Å². The van der Waals surface area contributed by atoms with Crippen LogP contribution in [0.3, 0.4) is 0 Å². The zero-order valence-electron chi connectivity index (χ0n) is 12.8. The predicted octanol–water partition coefficient (Wildman–Crippen LogP) is 3.51. The number of ether oxygens (including phenoxy) is 1. The maximum Gasteiger partial charge on any atom is 0.419 e. The molecule has 0 bridgehead atoms. The molecule has 3 aromatic rings. The standard InChI is InChI=1S/C17H14ClN3O3/c1-2-24-17(23)21-13-6-5-11(18)8-12(13)14(19)15(21)16(22)10-4-3-7-20-9-10/h3-9H,2,19H2,1H3. The summed E-state index contributed by atoms with van der Waals surface area (Å²) in [6, 6.07) is 8.11. The van der Waals surface area contributed by atoms with Gasteiger partial charge in [0.1, 0.15) is 5.69 Å². The van der Waals surface area contributed by atoms with E-state index in [-0.39, 0.29) is 18.0 Å². The van der Waals surface area contributed by atoms with E-state index in [1.54, 1.807) is 43.5 Å². The second-order valence-corrected chi connectivity index (χ2v) is 5.47. The fourth-order valence-electron chi connectivity index (χ4n) is 2.52. The van der Waals surface area contributed by atoms with Crippen LogP contribution in [-0.4, -0.2) is 28.0 Å². The van der Waals surface area contributed by atoms with Crippen molar-refractivity contribution in [1.29, 1.82) is 0 Å². The number of hydrogen-bond donors (Lipinski definition) is 1. The highest BCUT2D eigenvalue weighted by Crippen LogP contribution is 2.32. The molecule has 0 aliphatic heterocycles. The van der Waals surface area contributed by atoms with Crippen molar-refractivity contribution in [3.05, 3.63) is 59.0 Å². The number of benzene rings is 1. The van der Waals surface area contributed by atoms with Crippen LogP contribution in [0.4, 0.5) is 10.5 Å². The van der Waals surface area contributed by atoms with Crippen LogP contribution in [0.5, 0.6) is 0 Å². The van der Waals surface area contributed by atoms with E-state index in [9.17, 15) is 9.59 Å². The van der Waals surface area contributed by atoms with Crippen molar-refractivity contribution in [1.82, 2.24) is 9.55 Å². The topological polar surface area (TPSA) is 87.2 Å². The third kappa shape index (κ3) is 2.61. The predicted molar refractivity (Wildman–Crippen MR) is 91.4 cm³/mol. The third-order valence-electron chi connectivity index (χ3n) is 3.56. The van der Waals surface area contributed by atoms with Gasteiger partial charge in [-0.25, -0.2) is 9.36 Å². The minimum atomic E-state index is -0.672. The van der Waals surface area contributed by atoms with E-state index >= 15 is 0 Å². The summed E-state index contributed by atoms with van der Waals surface area (Å²) < 4.78 is 6.25. The van der Waals surface area contributed by atoms with Crippen LogP contribution in [0.25, 0.3) is 10.9 Å². The Morgan fingerprint density at radius 2 is 2.12 bits per heavy atom. The number of carbonyl (C=O) groups is 2. The lowest BCUT2D eigenvalue weighted by molar-refractivity contribution is 0.102. The third-order valence-corrected chi connectivity index (χ3v) is 3.79. The molecule has 0 spiro atoms. The summed E-state index contributed by atoms with van der Waals surface area (Å²) in [6.07, 6.45) is 2.30. The number of hydrogen-bond acceptors (Lipinski definition) is 5. The molecule has 0 radical (unpaired) electrons. The summed E-state index contributed by atoms with van der Waals surface area (Å²) in [5.74, 6) is -0.416. The molecule has 0 unspecified atom stereocenters. The molecular formula is C17H14ClN3O3. The Morgan fingerprint density at radius 3 is 2.79 bits per heavy atom. The van der Waals surface area contributed by atoms with Gasteiger partial charge in [-0.15, -0.1) is 0 Å². The smallest absolute Gasteiger partial charge is 0.419 e. The van der Waals surface area contributed by atoms with Crippen LogP contribution in [-0.2, 0) is 4.74 Å². The van der Waals surface area contributed by atoms with E-state index in [4.69, 9.17) is 22.1 Å². The normalized spacial score (nSPS) is 10.8. The average molecular weight is 344 g/mol. The first-order valence-corrected chi connectivity index (χ1v) is 7.63. The Morgan fingerprint density at radius 1 is 1.33 bits per heavy atom. The van der Waals surface area contributed by atoms with Gasteiger partial charge in [-0.3, -0.25) is 9.78 Å². The zero-order chi connectivity index (χ0) is 17.3. The van der Waals surface area contributed by atoms with E-state index in [1.165, 1.54) is 10.8 Å². The van der Waals surface area contributed by atoms with E-state index in [0.717, 1.165) is 0 Å². The van der Waals surface area contributed by atoms with Gasteiger partial charge in [0.25, 0.3) is 0 Å². The first-order valence-electron chi connectivity index (χ1n) is 7.26. The van der Waals surface area contributed by atoms with Crippen molar-refractivity contribution >= 4 is 40.1 Å². The van der Waals surface area contributed by atoms with Crippen molar-refractivity contribution in [2.24, 2.45) is 0 Å². The van der Waals surface area contributed by atoms with Gasteiger partial charge >= 0.3 is 6.09 Å². The number of nitrogens with two attached hydrogens (primary N) is 1. The average Bonchev–Trinajstić information content (AvgIpc) is 2.88. The van der Waals surface area contributed by atoms with Gasteiger partial charge in [-0.05, 0) is 37.3 Å². The highest BCUT2D eigenvalue weighted by Gasteiger charge is 2.26. The molecule has 2 N–H and O–H groups in total. The maximum absolute atomic E-state index is 12.9. The molecule has 122 valence electrons. The molecule has 24 heavy (non-hydrogen) atoms. The molecule has 0 aliphatic carbocycles. The van der Waals surface area contributed by atoms with Gasteiger partial charge in [0.15, 0.2) is 0 Å². The number of aromatic nitrogens is 2. The monoisotopic (exact) mass is 343 g/mol. The minimum absolute atomic E-state index is 0.0405. The molecule has 0 atom stereocenters. The molecule has 7 heteroatoms. The maximum atomic E-state index is 12.9. The van der Waals surface area contributed by atoms with Crippen LogP contribution < -0.4 is 5.73 Å². The molecular weight excluding hydrogens is 330 g/mol. The van der Waals surface area contributed by atoms with E-state index in [0.29, 0.717) is 21.5 Å². The number of halogens is 1. The highest BCUT2D eigenvalue weighted by molar-refractivity contribution is 6.32. The summed E-state index contributed by atoms with van der Waals surface area (Å²) in [6.45, 7) is 1.86. The molecule has 0 amide bonds. The van der Waals surface area contributed by atoms with E-state index in [1.807, 2.05) is 0 Å². The minimum Gasteiger partial charge on any atom is -0.449 e. The lowest BCUT2D eigenvalue weighted by Gasteiger charge is -2.09. The quantitative estimate of drug-likeness (QED) is 0.735. The Bertz CT molecular complexity index is 935. The number of carbonyl (C=O) groups excluding carboxylic acids is 2. The number of rotatable bonds is 3. The molecule has 3 rings (SSSR count). The Hall–Kier alpha value is -2.86. The Balaban J connectivity index is 2.29. The van der Waals surface area contributed by atoms with Crippen LogP contribution in [0.2, 0.25) is 5.02 Å². The van der Waals surface area contributed by atoms with Gasteiger partial charge < -0.3 is 10.5 Å². The lowest BCUT2D eigenvalue weighted by Crippen LogP contribution is -2.20. The molecule has 2 heterocycles. The number of anilines is 1. The van der Waals surface area contributed by atoms with Crippen molar-refractivity contribution in [2.75, 3.05) is 12.3 Å². The fourth-order valence-corrected chi connectivity index (χ4v) is 2.69. The summed E-state index contributed by atoms with van der Waals surface area (Å²) in [5.41, 5.74) is 7.15. The number of nitrogens with zero attached hydrogens (tertiary/aromatic N) is 2. The largest absolute Gasteiger partial charge is 0.449 e. The van der Waals surface area contributed by atoms with Crippen molar-refractivity contribution < 1.29 is 14.3 Å². The van der Waals surface area contributed by atoms with Crippen molar-refractivity contribution in [2.45, 2.75) is 6.92 Å². The summed E-state index contributed by atoms with van der Waals surface area (Å²) in [5, 5.41) is 0.971. The number of nitrogen functional groups attached to an aromatic ring is 1. The van der Waals surface area contributed by atoms with Crippen molar-refractivity contribution in [3.63, 3.8) is 0 Å². The van der Waals surface area contributed by atoms with Crippen molar-refractivity contribution in [3.8, 4) is 0 Å². The van der Waals surface area contributed by atoms with Gasteiger partial charge in [-0.1, -0.05) is 11.6 Å². The Labute approximate surface area is 142 Å². The van der Waals surface area contributed by atoms with Gasteiger partial charge in [0.2, 0.25) is 5.78 Å². The number of ketones is 1. The van der Waals surface area contributed by atoms with E-state index < -0.39 is 11.9 Å².